The summed E-state index contributed by atoms with van der Waals surface area (Å²) in [6.07, 6.45) is 0. The van der Waals surface area contributed by atoms with E-state index in [0.717, 1.165) is 6.07 Å². The third-order valence-corrected chi connectivity index (χ3v) is 3.53. The second-order valence-electron chi connectivity index (χ2n) is 4.53. The molecule has 0 amide bonds. The summed E-state index contributed by atoms with van der Waals surface area (Å²) in [4.78, 5) is 7.09. The van der Waals surface area contributed by atoms with Crippen molar-refractivity contribution in [1.29, 1.82) is 0 Å². The van der Waals surface area contributed by atoms with Gasteiger partial charge in [-0.25, -0.2) is 4.99 Å². The first-order chi connectivity index (χ1) is 11.3. The van der Waals surface area contributed by atoms with Crippen molar-refractivity contribution in [1.82, 2.24) is 0 Å². The van der Waals surface area contributed by atoms with Crippen LogP contribution in [-0.2, 0) is 10.1 Å². The first-order valence-electron chi connectivity index (χ1n) is 6.54. The van der Waals surface area contributed by atoms with E-state index in [9.17, 15) is 8.42 Å². The standard InChI is InChI=1S/C14H15N5O4S/c15-13(16)19-14(17)18-11-8-10(24(20,21)22)6-7-12(11)23-9-4-2-1-3-5-9/h1-8H,(H,20,21,22)(H6,15,16,17,18,19). The molecule has 0 unspecified atom stereocenters. The summed E-state index contributed by atoms with van der Waals surface area (Å²) in [6.45, 7) is 0. The molecule has 2 aromatic rings. The molecule has 0 fully saturated rings. The van der Waals surface area contributed by atoms with Gasteiger partial charge < -0.3 is 21.9 Å². The summed E-state index contributed by atoms with van der Waals surface area (Å²) in [6, 6.07) is 12.3. The lowest BCUT2D eigenvalue weighted by molar-refractivity contribution is 0.479. The fraction of sp³-hybridized carbons (Fsp3) is 0. The monoisotopic (exact) mass is 349 g/mol. The molecule has 0 atom stereocenters. The highest BCUT2D eigenvalue weighted by Gasteiger charge is 2.14. The molecule has 2 aromatic carbocycles. The molecule has 0 saturated heterocycles. The van der Waals surface area contributed by atoms with E-state index < -0.39 is 10.1 Å². The molecule has 7 N–H and O–H groups in total. The molecule has 0 radical (unpaired) electrons. The van der Waals surface area contributed by atoms with Gasteiger partial charge in [0, 0.05) is 0 Å². The number of benzene rings is 2. The van der Waals surface area contributed by atoms with Crippen LogP contribution in [0.4, 0.5) is 5.69 Å². The van der Waals surface area contributed by atoms with Crippen molar-refractivity contribution in [3.63, 3.8) is 0 Å². The Morgan fingerprint density at radius 1 is 1.04 bits per heavy atom. The molecular weight excluding hydrogens is 334 g/mol. The summed E-state index contributed by atoms with van der Waals surface area (Å²) in [5.41, 5.74) is 16.0. The van der Waals surface area contributed by atoms with Crippen LogP contribution in [0.3, 0.4) is 0 Å². The topological polar surface area (TPSA) is 166 Å². The number of rotatable bonds is 4. The number of nitrogens with zero attached hydrogens (tertiary/aromatic N) is 2. The molecule has 0 aromatic heterocycles. The number of para-hydroxylation sites is 1. The minimum absolute atomic E-state index is 0.0245. The van der Waals surface area contributed by atoms with Gasteiger partial charge >= 0.3 is 0 Å². The van der Waals surface area contributed by atoms with Crippen LogP contribution in [0.25, 0.3) is 0 Å². The van der Waals surface area contributed by atoms with Crippen molar-refractivity contribution in [2.75, 3.05) is 0 Å². The van der Waals surface area contributed by atoms with Crippen molar-refractivity contribution >= 4 is 27.7 Å². The average Bonchev–Trinajstić information content (AvgIpc) is 2.48. The maximum Gasteiger partial charge on any atom is 0.294 e. The third-order valence-electron chi connectivity index (χ3n) is 2.68. The molecule has 2 rings (SSSR count). The number of hydrogen-bond donors (Lipinski definition) is 4. The zero-order chi connectivity index (χ0) is 17.7. The van der Waals surface area contributed by atoms with Crippen molar-refractivity contribution in [3.8, 4) is 11.5 Å². The van der Waals surface area contributed by atoms with Crippen molar-refractivity contribution in [3.05, 3.63) is 48.5 Å². The lowest BCUT2D eigenvalue weighted by atomic mass is 10.3. The van der Waals surface area contributed by atoms with Gasteiger partial charge in [0.2, 0.25) is 5.96 Å². The van der Waals surface area contributed by atoms with Gasteiger partial charge in [-0.3, -0.25) is 4.55 Å². The smallest absolute Gasteiger partial charge is 0.294 e. The van der Waals surface area contributed by atoms with Crippen LogP contribution in [0.2, 0.25) is 0 Å². The maximum absolute atomic E-state index is 11.3. The molecule has 0 heterocycles. The van der Waals surface area contributed by atoms with Crippen molar-refractivity contribution in [2.45, 2.75) is 4.90 Å². The van der Waals surface area contributed by atoms with Crippen LogP contribution >= 0.6 is 0 Å². The molecule has 0 spiro atoms. The molecule has 9 nitrogen and oxygen atoms in total. The van der Waals surface area contributed by atoms with E-state index in [2.05, 4.69) is 9.98 Å². The molecule has 24 heavy (non-hydrogen) atoms. The largest absolute Gasteiger partial charge is 0.455 e. The van der Waals surface area contributed by atoms with Crippen LogP contribution < -0.4 is 21.9 Å². The van der Waals surface area contributed by atoms with Gasteiger partial charge in [-0.05, 0) is 30.3 Å². The van der Waals surface area contributed by atoms with E-state index in [1.165, 1.54) is 12.1 Å². The number of nitrogens with two attached hydrogens (primary N) is 3. The van der Waals surface area contributed by atoms with Crippen LogP contribution in [0.1, 0.15) is 0 Å². The summed E-state index contributed by atoms with van der Waals surface area (Å²) in [5, 5.41) is 0. The lowest BCUT2D eigenvalue weighted by Gasteiger charge is -2.09. The molecule has 0 bridgehead atoms. The van der Waals surface area contributed by atoms with E-state index in [-0.39, 0.29) is 28.3 Å². The highest BCUT2D eigenvalue weighted by Crippen LogP contribution is 2.34. The van der Waals surface area contributed by atoms with Crippen molar-refractivity contribution < 1.29 is 17.7 Å². The van der Waals surface area contributed by atoms with Gasteiger partial charge in [-0.15, -0.1) is 0 Å². The molecule has 0 aliphatic heterocycles. The first-order valence-corrected chi connectivity index (χ1v) is 7.98. The highest BCUT2D eigenvalue weighted by molar-refractivity contribution is 7.85. The molecular formula is C14H15N5O4S. The Hall–Kier alpha value is -3.11. The number of aliphatic imine (C=N–C) groups is 2. The molecule has 10 heteroatoms. The Bertz CT molecular complexity index is 891. The summed E-state index contributed by atoms with van der Waals surface area (Å²) in [7, 11) is -4.42. The number of hydrogen-bond acceptors (Lipinski definition) is 4. The molecule has 0 aliphatic rings. The van der Waals surface area contributed by atoms with E-state index in [4.69, 9.17) is 26.5 Å². The normalized spacial score (nSPS) is 11.8. The van der Waals surface area contributed by atoms with Gasteiger partial charge in [0.1, 0.15) is 11.4 Å². The van der Waals surface area contributed by atoms with Gasteiger partial charge in [0.25, 0.3) is 10.1 Å². The van der Waals surface area contributed by atoms with Crippen LogP contribution in [0.5, 0.6) is 11.5 Å². The predicted molar refractivity (Wildman–Crippen MR) is 89.9 cm³/mol. The molecule has 0 saturated carbocycles. The quantitative estimate of drug-likeness (QED) is 0.362. The second-order valence-corrected chi connectivity index (χ2v) is 5.95. The van der Waals surface area contributed by atoms with E-state index in [1.54, 1.807) is 24.3 Å². The molecule has 0 aliphatic carbocycles. The molecule has 126 valence electrons. The van der Waals surface area contributed by atoms with E-state index in [0.29, 0.717) is 5.75 Å². The van der Waals surface area contributed by atoms with Crippen LogP contribution in [0, 0.1) is 0 Å². The lowest BCUT2D eigenvalue weighted by Crippen LogP contribution is -2.26. The Labute approximate surface area is 138 Å². The highest BCUT2D eigenvalue weighted by atomic mass is 32.2. The number of ether oxygens (including phenoxy) is 1. The van der Waals surface area contributed by atoms with Gasteiger partial charge in [-0.2, -0.15) is 13.4 Å². The summed E-state index contributed by atoms with van der Waals surface area (Å²) >= 11 is 0. The average molecular weight is 349 g/mol. The zero-order valence-electron chi connectivity index (χ0n) is 12.3. The third kappa shape index (κ3) is 4.69. The Morgan fingerprint density at radius 3 is 2.29 bits per heavy atom. The van der Waals surface area contributed by atoms with Crippen molar-refractivity contribution in [2.24, 2.45) is 27.2 Å². The van der Waals surface area contributed by atoms with E-state index in [1.807, 2.05) is 6.07 Å². The van der Waals surface area contributed by atoms with Gasteiger partial charge in [0.05, 0.1) is 4.90 Å². The Balaban J connectivity index is 2.52. The SMILES string of the molecule is NC(N)=NC(N)=Nc1cc(S(=O)(=O)O)ccc1Oc1ccccc1. The second kappa shape index (κ2) is 6.98. The Morgan fingerprint density at radius 2 is 1.71 bits per heavy atom. The minimum atomic E-state index is -4.42. The van der Waals surface area contributed by atoms with Crippen LogP contribution in [0.15, 0.2) is 63.4 Å². The summed E-state index contributed by atoms with van der Waals surface area (Å²) < 4.78 is 37.4. The maximum atomic E-state index is 11.3. The fourth-order valence-electron chi connectivity index (χ4n) is 1.73. The van der Waals surface area contributed by atoms with E-state index >= 15 is 0 Å². The first kappa shape index (κ1) is 17.2. The minimum Gasteiger partial charge on any atom is -0.455 e. The van der Waals surface area contributed by atoms with Gasteiger partial charge in [-0.1, -0.05) is 18.2 Å². The predicted octanol–water partition coefficient (Wildman–Crippen LogP) is 0.945. The summed E-state index contributed by atoms with van der Waals surface area (Å²) in [5.74, 6) is 0.0735. The Kier molecular flexibility index (Phi) is 5.02. The zero-order valence-corrected chi connectivity index (χ0v) is 13.1. The number of guanidine groups is 2. The fourth-order valence-corrected chi connectivity index (χ4v) is 2.23. The van der Waals surface area contributed by atoms with Gasteiger partial charge in [0.15, 0.2) is 11.7 Å². The van der Waals surface area contributed by atoms with Crippen LogP contribution in [-0.4, -0.2) is 24.9 Å².